The van der Waals surface area contributed by atoms with Crippen LogP contribution < -0.4 is 10.5 Å². The summed E-state index contributed by atoms with van der Waals surface area (Å²) >= 11 is 0. The number of ether oxygens (including phenoxy) is 2. The first-order valence-corrected chi connectivity index (χ1v) is 10.4. The highest BCUT2D eigenvalue weighted by Gasteiger charge is 2.15. The lowest BCUT2D eigenvalue weighted by atomic mass is 9.99. The largest absolute Gasteiger partial charge is 0.489 e. The van der Waals surface area contributed by atoms with E-state index in [1.807, 2.05) is 42.5 Å². The van der Waals surface area contributed by atoms with Crippen LogP contribution in [0.3, 0.4) is 0 Å². The van der Waals surface area contributed by atoms with Gasteiger partial charge in [-0.15, -0.1) is 0 Å². The second-order valence-corrected chi connectivity index (χ2v) is 7.72. The van der Waals surface area contributed by atoms with Crippen LogP contribution in [0.25, 0.3) is 22.1 Å². The Morgan fingerprint density at radius 3 is 2.67 bits per heavy atom. The smallest absolute Gasteiger partial charge is 0.307 e. The van der Waals surface area contributed by atoms with Crippen molar-refractivity contribution in [1.29, 1.82) is 0 Å². The van der Waals surface area contributed by atoms with Crippen LogP contribution in [0.4, 0.5) is 4.39 Å². The first-order chi connectivity index (χ1) is 16.0. The van der Waals surface area contributed by atoms with Gasteiger partial charge in [0.15, 0.2) is 0 Å². The molecule has 0 fully saturated rings. The van der Waals surface area contributed by atoms with Gasteiger partial charge in [0.05, 0.1) is 6.42 Å². The highest BCUT2D eigenvalue weighted by molar-refractivity contribution is 5.93. The van der Waals surface area contributed by atoms with Gasteiger partial charge >= 0.3 is 5.97 Å². The molecule has 3 aromatic carbocycles. The third kappa shape index (κ3) is 5.22. The van der Waals surface area contributed by atoms with Crippen LogP contribution in [-0.4, -0.2) is 18.2 Å². The number of carboxylic acids is 1. The van der Waals surface area contributed by atoms with Gasteiger partial charge in [-0.05, 0) is 59.2 Å². The number of hydrogen-bond acceptors (Lipinski definition) is 5. The van der Waals surface area contributed by atoms with Crippen LogP contribution in [0.2, 0.25) is 0 Å². The van der Waals surface area contributed by atoms with Gasteiger partial charge in [-0.25, -0.2) is 4.39 Å². The molecule has 0 radical (unpaired) electrons. The lowest BCUT2D eigenvalue weighted by molar-refractivity contribution is -0.136. The molecular formula is C26H24FNO5. The third-order valence-electron chi connectivity index (χ3n) is 5.25. The van der Waals surface area contributed by atoms with Crippen molar-refractivity contribution < 1.29 is 28.2 Å². The average molecular weight is 449 g/mol. The van der Waals surface area contributed by atoms with Gasteiger partial charge in [0.25, 0.3) is 0 Å². The maximum atomic E-state index is 13.6. The zero-order valence-electron chi connectivity index (χ0n) is 18.1. The minimum absolute atomic E-state index is 0.169. The molecule has 0 aliphatic heterocycles. The molecule has 0 spiro atoms. The standard InChI is InChI=1S/C26H24FNO5/c1-31-15-22-11-20-8-17(14-32-24-6-5-21(27)10-19(24)12-25(29)30)9-23(26(20)33-22)18-4-2-3-16(7-18)13-28/h2-11H,12-15,28H2,1H3,(H,29,30). The van der Waals surface area contributed by atoms with Gasteiger partial charge < -0.3 is 24.7 Å². The van der Waals surface area contributed by atoms with E-state index in [1.165, 1.54) is 18.2 Å². The molecule has 7 heteroatoms. The molecule has 33 heavy (non-hydrogen) atoms. The van der Waals surface area contributed by atoms with E-state index in [2.05, 4.69) is 0 Å². The van der Waals surface area contributed by atoms with Crippen LogP contribution in [0.1, 0.15) is 22.5 Å². The number of carbonyl (C=O) groups is 1. The second kappa shape index (κ2) is 9.85. The summed E-state index contributed by atoms with van der Waals surface area (Å²) in [6, 6.07) is 17.6. The SMILES string of the molecule is COCc1cc2cc(COc3ccc(F)cc3CC(=O)O)cc(-c3cccc(CN)c3)c2o1. The van der Waals surface area contributed by atoms with Crippen molar-refractivity contribution in [3.8, 4) is 16.9 Å². The van der Waals surface area contributed by atoms with Gasteiger partial charge in [0.2, 0.25) is 0 Å². The van der Waals surface area contributed by atoms with E-state index in [0.29, 0.717) is 24.7 Å². The monoisotopic (exact) mass is 449 g/mol. The molecule has 170 valence electrons. The van der Waals surface area contributed by atoms with Crippen molar-refractivity contribution >= 4 is 16.9 Å². The van der Waals surface area contributed by atoms with E-state index in [4.69, 9.17) is 24.7 Å². The molecule has 0 saturated carbocycles. The fourth-order valence-corrected chi connectivity index (χ4v) is 3.80. The molecule has 0 atom stereocenters. The third-order valence-corrected chi connectivity index (χ3v) is 5.25. The van der Waals surface area contributed by atoms with Crippen LogP contribution in [0, 0.1) is 5.82 Å². The Hall–Kier alpha value is -3.68. The van der Waals surface area contributed by atoms with Gasteiger partial charge in [0, 0.05) is 30.2 Å². The second-order valence-electron chi connectivity index (χ2n) is 7.72. The summed E-state index contributed by atoms with van der Waals surface area (Å²) in [5.41, 5.74) is 10.5. The van der Waals surface area contributed by atoms with Crippen molar-refractivity contribution in [3.63, 3.8) is 0 Å². The maximum absolute atomic E-state index is 13.6. The summed E-state index contributed by atoms with van der Waals surface area (Å²) in [6.45, 7) is 0.934. The molecule has 0 bridgehead atoms. The predicted molar refractivity (Wildman–Crippen MR) is 122 cm³/mol. The van der Waals surface area contributed by atoms with Crippen molar-refractivity contribution in [2.45, 2.75) is 26.2 Å². The number of fused-ring (bicyclic) bond motifs is 1. The number of carboxylic acid groups (broad SMARTS) is 1. The molecule has 0 aliphatic rings. The van der Waals surface area contributed by atoms with Crippen molar-refractivity contribution in [1.82, 2.24) is 0 Å². The first-order valence-electron chi connectivity index (χ1n) is 10.4. The molecule has 1 aromatic heterocycles. The lowest BCUT2D eigenvalue weighted by Crippen LogP contribution is -2.05. The van der Waals surface area contributed by atoms with Crippen LogP contribution in [-0.2, 0) is 35.7 Å². The zero-order valence-corrected chi connectivity index (χ0v) is 18.1. The van der Waals surface area contributed by atoms with Crippen LogP contribution in [0.15, 0.2) is 65.1 Å². The van der Waals surface area contributed by atoms with E-state index in [9.17, 15) is 9.18 Å². The Bertz CT molecular complexity index is 1300. The molecule has 0 saturated heterocycles. The maximum Gasteiger partial charge on any atom is 0.307 e. The average Bonchev–Trinajstić information content (AvgIpc) is 3.20. The lowest BCUT2D eigenvalue weighted by Gasteiger charge is -2.12. The summed E-state index contributed by atoms with van der Waals surface area (Å²) < 4.78 is 30.8. The predicted octanol–water partition coefficient (Wildman–Crippen LogP) is 5.05. The number of methoxy groups -OCH3 is 1. The first kappa shape index (κ1) is 22.5. The Morgan fingerprint density at radius 2 is 1.91 bits per heavy atom. The molecular weight excluding hydrogens is 425 g/mol. The summed E-state index contributed by atoms with van der Waals surface area (Å²) in [4.78, 5) is 11.2. The normalized spacial score (nSPS) is 11.1. The van der Waals surface area contributed by atoms with Crippen LogP contribution >= 0.6 is 0 Å². The Morgan fingerprint density at radius 1 is 1.06 bits per heavy atom. The summed E-state index contributed by atoms with van der Waals surface area (Å²) in [7, 11) is 1.61. The topological polar surface area (TPSA) is 94.9 Å². The van der Waals surface area contributed by atoms with E-state index in [-0.39, 0.29) is 18.6 Å². The molecule has 4 rings (SSSR count). The van der Waals surface area contributed by atoms with Gasteiger partial charge in [-0.3, -0.25) is 4.79 Å². The number of furan rings is 1. The number of halogens is 1. The molecule has 6 nitrogen and oxygen atoms in total. The van der Waals surface area contributed by atoms with E-state index in [0.717, 1.165) is 33.2 Å². The minimum atomic E-state index is -1.06. The van der Waals surface area contributed by atoms with Crippen molar-refractivity contribution in [2.24, 2.45) is 5.73 Å². The van der Waals surface area contributed by atoms with Crippen molar-refractivity contribution in [3.05, 3.63) is 88.9 Å². The number of aliphatic carboxylic acids is 1. The van der Waals surface area contributed by atoms with E-state index >= 15 is 0 Å². The Kier molecular flexibility index (Phi) is 6.72. The summed E-state index contributed by atoms with van der Waals surface area (Å²) in [5.74, 6) is -0.536. The van der Waals surface area contributed by atoms with E-state index in [1.54, 1.807) is 7.11 Å². The number of rotatable bonds is 9. The van der Waals surface area contributed by atoms with E-state index < -0.39 is 11.8 Å². The number of hydrogen-bond donors (Lipinski definition) is 2. The van der Waals surface area contributed by atoms with Gasteiger partial charge in [-0.2, -0.15) is 0 Å². The zero-order chi connectivity index (χ0) is 23.4. The minimum Gasteiger partial charge on any atom is -0.489 e. The molecule has 3 N–H and O–H groups in total. The fraction of sp³-hybridized carbons (Fsp3) is 0.192. The molecule has 1 heterocycles. The summed E-state index contributed by atoms with van der Waals surface area (Å²) in [6.07, 6.45) is -0.328. The van der Waals surface area contributed by atoms with Crippen LogP contribution in [0.5, 0.6) is 5.75 Å². The highest BCUT2D eigenvalue weighted by Crippen LogP contribution is 2.34. The van der Waals surface area contributed by atoms with Crippen molar-refractivity contribution in [2.75, 3.05) is 7.11 Å². The molecule has 4 aromatic rings. The van der Waals surface area contributed by atoms with Gasteiger partial charge in [-0.1, -0.05) is 18.2 Å². The molecule has 0 aliphatic carbocycles. The Labute approximate surface area is 190 Å². The molecule has 0 amide bonds. The fourth-order valence-electron chi connectivity index (χ4n) is 3.80. The number of nitrogens with two attached hydrogens (primary N) is 1. The Balaban J connectivity index is 1.72. The quantitative estimate of drug-likeness (QED) is 0.371. The molecule has 0 unspecified atom stereocenters. The number of benzene rings is 3. The van der Waals surface area contributed by atoms with Gasteiger partial charge in [0.1, 0.15) is 36.1 Å². The highest BCUT2D eigenvalue weighted by atomic mass is 19.1. The summed E-state index contributed by atoms with van der Waals surface area (Å²) in [5, 5.41) is 10.0.